The van der Waals surface area contributed by atoms with E-state index in [9.17, 15) is 4.79 Å². The fraction of sp³-hybridized carbons (Fsp3) is 0.462. The molecule has 0 amide bonds. The number of benzene rings is 1. The molecule has 94 valence electrons. The summed E-state index contributed by atoms with van der Waals surface area (Å²) in [5, 5.41) is 2.94. The maximum Gasteiger partial charge on any atom is 0.319 e. The Morgan fingerprint density at radius 1 is 1.53 bits per heavy atom. The van der Waals surface area contributed by atoms with Gasteiger partial charge in [0.25, 0.3) is 0 Å². The van der Waals surface area contributed by atoms with Crippen LogP contribution in [0.5, 0.6) is 0 Å². The van der Waals surface area contributed by atoms with Crippen molar-refractivity contribution in [2.24, 2.45) is 0 Å². The second-order valence-corrected chi connectivity index (χ2v) is 5.10. The second-order valence-electron chi connectivity index (χ2n) is 3.69. The van der Waals surface area contributed by atoms with Crippen LogP contribution in [0.1, 0.15) is 19.4 Å². The SMILES string of the molecule is CCOC(=O)C(C)Sc1cccc(CNC)c1. The van der Waals surface area contributed by atoms with E-state index in [1.807, 2.05) is 33.0 Å². The molecular weight excluding hydrogens is 234 g/mol. The highest BCUT2D eigenvalue weighted by Gasteiger charge is 2.15. The van der Waals surface area contributed by atoms with E-state index >= 15 is 0 Å². The first kappa shape index (κ1) is 14.1. The highest BCUT2D eigenvalue weighted by molar-refractivity contribution is 8.00. The third-order valence-corrected chi connectivity index (χ3v) is 3.28. The zero-order chi connectivity index (χ0) is 12.7. The lowest BCUT2D eigenvalue weighted by atomic mass is 10.2. The van der Waals surface area contributed by atoms with Crippen molar-refractivity contribution >= 4 is 17.7 Å². The number of hydrogen-bond donors (Lipinski definition) is 1. The highest BCUT2D eigenvalue weighted by atomic mass is 32.2. The summed E-state index contributed by atoms with van der Waals surface area (Å²) >= 11 is 1.53. The number of hydrogen-bond acceptors (Lipinski definition) is 4. The number of nitrogens with one attached hydrogen (secondary N) is 1. The molecule has 1 N–H and O–H groups in total. The van der Waals surface area contributed by atoms with Gasteiger partial charge in [0.05, 0.1) is 6.61 Å². The van der Waals surface area contributed by atoms with Crippen LogP contribution in [0.3, 0.4) is 0 Å². The maximum absolute atomic E-state index is 11.5. The molecule has 1 rings (SSSR count). The molecule has 0 spiro atoms. The molecular formula is C13H19NO2S. The fourth-order valence-corrected chi connectivity index (χ4v) is 2.39. The van der Waals surface area contributed by atoms with Gasteiger partial charge in [0.2, 0.25) is 0 Å². The van der Waals surface area contributed by atoms with Crippen LogP contribution in [-0.4, -0.2) is 24.9 Å². The highest BCUT2D eigenvalue weighted by Crippen LogP contribution is 2.24. The first-order valence-electron chi connectivity index (χ1n) is 5.74. The van der Waals surface area contributed by atoms with Gasteiger partial charge in [0.1, 0.15) is 5.25 Å². The monoisotopic (exact) mass is 253 g/mol. The van der Waals surface area contributed by atoms with E-state index in [1.165, 1.54) is 17.3 Å². The summed E-state index contributed by atoms with van der Waals surface area (Å²) in [7, 11) is 1.92. The molecule has 3 nitrogen and oxygen atoms in total. The molecule has 1 atom stereocenters. The molecule has 0 aromatic heterocycles. The zero-order valence-electron chi connectivity index (χ0n) is 10.5. The van der Waals surface area contributed by atoms with E-state index in [2.05, 4.69) is 17.4 Å². The lowest BCUT2D eigenvalue weighted by molar-refractivity contribution is -0.142. The lowest BCUT2D eigenvalue weighted by Gasteiger charge is -2.10. The van der Waals surface area contributed by atoms with E-state index < -0.39 is 0 Å². The minimum absolute atomic E-state index is 0.156. The van der Waals surface area contributed by atoms with Gasteiger partial charge in [-0.15, -0.1) is 11.8 Å². The van der Waals surface area contributed by atoms with Crippen molar-refractivity contribution in [1.29, 1.82) is 0 Å². The van der Waals surface area contributed by atoms with Gasteiger partial charge in [-0.3, -0.25) is 4.79 Å². The summed E-state index contributed by atoms with van der Waals surface area (Å²) in [5.41, 5.74) is 1.22. The van der Waals surface area contributed by atoms with Crippen molar-refractivity contribution in [3.63, 3.8) is 0 Å². The predicted octanol–water partition coefficient (Wildman–Crippen LogP) is 2.45. The fourth-order valence-electron chi connectivity index (χ4n) is 1.44. The molecule has 1 aromatic carbocycles. The quantitative estimate of drug-likeness (QED) is 0.624. The average Bonchev–Trinajstić information content (AvgIpc) is 2.30. The Kier molecular flexibility index (Phi) is 6.08. The summed E-state index contributed by atoms with van der Waals surface area (Å²) in [6, 6.07) is 8.18. The summed E-state index contributed by atoms with van der Waals surface area (Å²) in [6.07, 6.45) is 0. The van der Waals surface area contributed by atoms with Gasteiger partial charge in [-0.2, -0.15) is 0 Å². The molecule has 0 aliphatic heterocycles. The van der Waals surface area contributed by atoms with Crippen LogP contribution in [0.25, 0.3) is 0 Å². The van der Waals surface area contributed by atoms with E-state index in [1.54, 1.807) is 0 Å². The number of carbonyl (C=O) groups excluding carboxylic acids is 1. The number of esters is 1. The normalized spacial score (nSPS) is 12.2. The van der Waals surface area contributed by atoms with Crippen LogP contribution < -0.4 is 5.32 Å². The minimum Gasteiger partial charge on any atom is -0.465 e. The first-order chi connectivity index (χ1) is 8.17. The van der Waals surface area contributed by atoms with E-state index in [-0.39, 0.29) is 11.2 Å². The second kappa shape index (κ2) is 7.35. The molecule has 17 heavy (non-hydrogen) atoms. The third kappa shape index (κ3) is 4.79. The number of carbonyl (C=O) groups is 1. The van der Waals surface area contributed by atoms with Gasteiger partial charge in [0, 0.05) is 11.4 Å². The maximum atomic E-state index is 11.5. The van der Waals surface area contributed by atoms with E-state index in [0.717, 1.165) is 11.4 Å². The van der Waals surface area contributed by atoms with Gasteiger partial charge in [0.15, 0.2) is 0 Å². The minimum atomic E-state index is -0.167. The Balaban J connectivity index is 2.61. The Labute approximate surface area is 107 Å². The molecule has 1 unspecified atom stereocenters. The summed E-state index contributed by atoms with van der Waals surface area (Å²) in [5.74, 6) is -0.156. The van der Waals surface area contributed by atoms with Crippen molar-refractivity contribution in [2.45, 2.75) is 30.5 Å². The molecule has 0 saturated carbocycles. The first-order valence-corrected chi connectivity index (χ1v) is 6.62. The molecule has 0 aliphatic rings. The van der Waals surface area contributed by atoms with Gasteiger partial charge in [-0.25, -0.2) is 0 Å². The van der Waals surface area contributed by atoms with Crippen LogP contribution in [0.4, 0.5) is 0 Å². The summed E-state index contributed by atoms with van der Waals surface area (Å²) < 4.78 is 4.98. The Morgan fingerprint density at radius 3 is 2.94 bits per heavy atom. The van der Waals surface area contributed by atoms with Crippen LogP contribution in [0, 0.1) is 0 Å². The van der Waals surface area contributed by atoms with Gasteiger partial charge < -0.3 is 10.1 Å². The molecule has 0 fully saturated rings. The number of thioether (sulfide) groups is 1. The topological polar surface area (TPSA) is 38.3 Å². The third-order valence-electron chi connectivity index (χ3n) is 2.21. The van der Waals surface area contributed by atoms with Crippen molar-refractivity contribution in [1.82, 2.24) is 5.32 Å². The molecule has 4 heteroatoms. The van der Waals surface area contributed by atoms with Crippen LogP contribution in [-0.2, 0) is 16.1 Å². The molecule has 1 aromatic rings. The van der Waals surface area contributed by atoms with Crippen molar-refractivity contribution < 1.29 is 9.53 Å². The van der Waals surface area contributed by atoms with Crippen LogP contribution in [0.15, 0.2) is 29.2 Å². The summed E-state index contributed by atoms with van der Waals surface area (Å²) in [6.45, 7) is 4.96. The molecule has 0 heterocycles. The Hall–Kier alpha value is -1.00. The van der Waals surface area contributed by atoms with E-state index in [4.69, 9.17) is 4.74 Å². The Morgan fingerprint density at radius 2 is 2.29 bits per heavy atom. The number of ether oxygens (including phenoxy) is 1. The van der Waals surface area contributed by atoms with Gasteiger partial charge in [-0.1, -0.05) is 12.1 Å². The average molecular weight is 253 g/mol. The van der Waals surface area contributed by atoms with Gasteiger partial charge in [-0.05, 0) is 38.6 Å². The van der Waals surface area contributed by atoms with Crippen molar-refractivity contribution in [2.75, 3.05) is 13.7 Å². The predicted molar refractivity (Wildman–Crippen MR) is 71.2 cm³/mol. The van der Waals surface area contributed by atoms with Gasteiger partial charge >= 0.3 is 5.97 Å². The van der Waals surface area contributed by atoms with Crippen molar-refractivity contribution in [3.8, 4) is 0 Å². The lowest BCUT2D eigenvalue weighted by Crippen LogP contribution is -2.16. The smallest absolute Gasteiger partial charge is 0.319 e. The largest absolute Gasteiger partial charge is 0.465 e. The molecule has 0 aliphatic carbocycles. The zero-order valence-corrected chi connectivity index (χ0v) is 11.3. The number of rotatable bonds is 6. The molecule has 0 radical (unpaired) electrons. The Bertz CT molecular complexity index is 368. The standard InChI is InChI=1S/C13H19NO2S/c1-4-16-13(15)10(2)17-12-7-5-6-11(8-12)9-14-3/h5-8,10,14H,4,9H2,1-3H3. The van der Waals surface area contributed by atoms with Crippen LogP contribution >= 0.6 is 11.8 Å². The van der Waals surface area contributed by atoms with E-state index in [0.29, 0.717) is 6.61 Å². The van der Waals surface area contributed by atoms with Crippen molar-refractivity contribution in [3.05, 3.63) is 29.8 Å². The molecule has 0 bridgehead atoms. The molecule has 0 saturated heterocycles. The summed E-state index contributed by atoms with van der Waals surface area (Å²) in [4.78, 5) is 12.6. The van der Waals surface area contributed by atoms with Crippen LogP contribution in [0.2, 0.25) is 0 Å².